The average Bonchev–Trinajstić information content (AvgIpc) is 3.53. The van der Waals surface area contributed by atoms with Crippen LogP contribution in [0.2, 0.25) is 0 Å². The summed E-state index contributed by atoms with van der Waals surface area (Å²) in [5, 5.41) is 7.69. The Kier molecular flexibility index (Phi) is 6.76. The number of oxime groups is 1. The van der Waals surface area contributed by atoms with Gasteiger partial charge >= 0.3 is 6.09 Å². The Bertz CT molecular complexity index is 1310. The Labute approximate surface area is 210 Å². The second kappa shape index (κ2) is 10.3. The first-order valence-corrected chi connectivity index (χ1v) is 12.1. The van der Waals surface area contributed by atoms with Crippen LogP contribution in [0.15, 0.2) is 78.1 Å². The van der Waals surface area contributed by atoms with E-state index < -0.39 is 12.1 Å². The monoisotopic (exact) mass is 534 g/mol. The summed E-state index contributed by atoms with van der Waals surface area (Å²) < 4.78 is 6.31. The molecule has 0 aliphatic carbocycles. The molecule has 3 aromatic rings. The smallest absolute Gasteiger partial charge is 0.411 e. The van der Waals surface area contributed by atoms with Crippen molar-refractivity contribution in [2.45, 2.75) is 25.2 Å². The number of pyridine rings is 1. The van der Waals surface area contributed by atoms with E-state index in [1.807, 2.05) is 66.7 Å². The van der Waals surface area contributed by atoms with Crippen LogP contribution < -0.4 is 5.32 Å². The minimum absolute atomic E-state index is 0.0590. The Balaban J connectivity index is 1.28. The van der Waals surface area contributed by atoms with Gasteiger partial charge in [0.2, 0.25) is 5.91 Å². The van der Waals surface area contributed by atoms with Crippen LogP contribution in [0.3, 0.4) is 0 Å². The lowest BCUT2D eigenvalue weighted by Gasteiger charge is -2.24. The number of benzene rings is 2. The van der Waals surface area contributed by atoms with Gasteiger partial charge in [-0.3, -0.25) is 14.7 Å². The molecule has 2 aliphatic heterocycles. The quantitative estimate of drug-likeness (QED) is 0.510. The minimum Gasteiger partial charge on any atom is -0.444 e. The Morgan fingerprint density at radius 2 is 1.94 bits per heavy atom. The fraction of sp³-hybridized carbons (Fsp3) is 0.231. The molecule has 8 nitrogen and oxygen atoms in total. The molecule has 2 amide bonds. The number of amides is 2. The summed E-state index contributed by atoms with van der Waals surface area (Å²) in [6.45, 7) is 0.614. The molecular formula is C26H23BrN4O4. The molecule has 0 bridgehead atoms. The molecule has 1 N–H and O–H groups in total. The summed E-state index contributed by atoms with van der Waals surface area (Å²) in [5.41, 5.74) is 3.49. The van der Waals surface area contributed by atoms with E-state index in [1.54, 1.807) is 6.20 Å². The van der Waals surface area contributed by atoms with Gasteiger partial charge in [0.15, 0.2) is 6.10 Å². The standard InChI is InChI=1S/C26H23BrN4O4/c27-24-12-21(35-30-24)14-29-25(32)23-11-20(18-6-2-1-3-7-18)15-31(23)26(33)34-16-17-10-19-8-4-5-9-22(19)28-13-17/h1-11,13,21,23H,12,14-16H2,(H,29,32)/t21-,23?/m0/s1. The van der Waals surface area contributed by atoms with Gasteiger partial charge < -0.3 is 14.9 Å². The number of hydrogen-bond acceptors (Lipinski definition) is 6. The van der Waals surface area contributed by atoms with Crippen LogP contribution in [-0.2, 0) is 21.0 Å². The zero-order valence-corrected chi connectivity index (χ0v) is 20.3. The van der Waals surface area contributed by atoms with Gasteiger partial charge in [0.05, 0.1) is 18.6 Å². The summed E-state index contributed by atoms with van der Waals surface area (Å²) in [5.74, 6) is -0.299. The van der Waals surface area contributed by atoms with Gasteiger partial charge in [-0.05, 0) is 45.3 Å². The first-order chi connectivity index (χ1) is 17.1. The first-order valence-electron chi connectivity index (χ1n) is 11.3. The molecule has 0 saturated heterocycles. The van der Waals surface area contributed by atoms with Crippen molar-refractivity contribution >= 4 is 49.0 Å². The van der Waals surface area contributed by atoms with Crippen LogP contribution >= 0.6 is 15.9 Å². The van der Waals surface area contributed by atoms with Crippen molar-refractivity contribution in [3.8, 4) is 0 Å². The lowest BCUT2D eigenvalue weighted by atomic mass is 10.1. The molecule has 0 spiro atoms. The number of fused-ring (bicyclic) bond motifs is 1. The fourth-order valence-electron chi connectivity index (χ4n) is 4.10. The van der Waals surface area contributed by atoms with E-state index in [0.29, 0.717) is 11.0 Å². The zero-order chi connectivity index (χ0) is 24.2. The van der Waals surface area contributed by atoms with Gasteiger partial charge in [0, 0.05) is 23.6 Å². The van der Waals surface area contributed by atoms with E-state index >= 15 is 0 Å². The third kappa shape index (κ3) is 5.35. The van der Waals surface area contributed by atoms with Gasteiger partial charge in [-0.25, -0.2) is 4.79 Å². The number of aromatic nitrogens is 1. The van der Waals surface area contributed by atoms with Crippen molar-refractivity contribution in [3.05, 3.63) is 84.1 Å². The molecule has 9 heteroatoms. The largest absolute Gasteiger partial charge is 0.444 e. The van der Waals surface area contributed by atoms with Crippen LogP contribution in [0.5, 0.6) is 0 Å². The molecule has 2 atom stereocenters. The van der Waals surface area contributed by atoms with E-state index in [4.69, 9.17) is 9.57 Å². The summed E-state index contributed by atoms with van der Waals surface area (Å²) in [6, 6.07) is 18.6. The number of ether oxygens (including phenoxy) is 1. The number of nitrogens with zero attached hydrogens (tertiary/aromatic N) is 3. The SMILES string of the molecule is O=C(NC[C@@H]1CC(Br)=NO1)C1C=C(c2ccccc2)CN1C(=O)OCc1cnc2ccccc2c1. The van der Waals surface area contributed by atoms with Gasteiger partial charge in [-0.2, -0.15) is 0 Å². The molecule has 35 heavy (non-hydrogen) atoms. The highest BCUT2D eigenvalue weighted by molar-refractivity contribution is 9.18. The second-order valence-corrected chi connectivity index (χ2v) is 9.28. The zero-order valence-electron chi connectivity index (χ0n) is 18.8. The van der Waals surface area contributed by atoms with E-state index in [-0.39, 0.29) is 31.7 Å². The average molecular weight is 535 g/mol. The van der Waals surface area contributed by atoms with Crippen molar-refractivity contribution < 1.29 is 19.2 Å². The predicted octanol–water partition coefficient (Wildman–Crippen LogP) is 4.25. The molecule has 1 aromatic heterocycles. The molecule has 2 aromatic carbocycles. The fourth-order valence-corrected chi connectivity index (χ4v) is 4.54. The van der Waals surface area contributed by atoms with Crippen LogP contribution in [0, 0.1) is 0 Å². The maximum Gasteiger partial charge on any atom is 0.411 e. The van der Waals surface area contributed by atoms with Crippen molar-refractivity contribution in [3.63, 3.8) is 0 Å². The third-order valence-corrected chi connectivity index (χ3v) is 6.36. The molecule has 0 fully saturated rings. The number of para-hydroxylation sites is 1. The van der Waals surface area contributed by atoms with Gasteiger partial charge in [-0.15, -0.1) is 0 Å². The lowest BCUT2D eigenvalue weighted by Crippen LogP contribution is -2.47. The number of carbonyl (C=O) groups excluding carboxylic acids is 2. The Morgan fingerprint density at radius 1 is 1.14 bits per heavy atom. The van der Waals surface area contributed by atoms with Crippen molar-refractivity contribution in [2.24, 2.45) is 5.16 Å². The first kappa shape index (κ1) is 23.0. The normalized spacial score (nSPS) is 19.2. The highest BCUT2D eigenvalue weighted by Crippen LogP contribution is 2.26. The maximum atomic E-state index is 13.1. The molecule has 0 radical (unpaired) electrons. The van der Waals surface area contributed by atoms with E-state index in [0.717, 1.165) is 27.6 Å². The summed E-state index contributed by atoms with van der Waals surface area (Å²) in [7, 11) is 0. The van der Waals surface area contributed by atoms with Crippen LogP contribution in [0.25, 0.3) is 16.5 Å². The number of hydrogen-bond donors (Lipinski definition) is 1. The van der Waals surface area contributed by atoms with Gasteiger partial charge in [-0.1, -0.05) is 53.7 Å². The molecule has 5 rings (SSSR count). The number of halogens is 1. The molecule has 2 aliphatic rings. The summed E-state index contributed by atoms with van der Waals surface area (Å²) >= 11 is 3.29. The summed E-state index contributed by atoms with van der Waals surface area (Å²) in [4.78, 5) is 37.3. The number of carbonyl (C=O) groups is 2. The minimum atomic E-state index is -0.793. The Hall–Kier alpha value is -3.72. The molecule has 1 unspecified atom stereocenters. The maximum absolute atomic E-state index is 13.1. The highest BCUT2D eigenvalue weighted by Gasteiger charge is 2.36. The topological polar surface area (TPSA) is 93.1 Å². The third-order valence-electron chi connectivity index (χ3n) is 5.89. The van der Waals surface area contributed by atoms with Crippen molar-refractivity contribution in [2.75, 3.05) is 13.1 Å². The van der Waals surface area contributed by atoms with E-state index in [1.165, 1.54) is 4.90 Å². The van der Waals surface area contributed by atoms with Crippen LogP contribution in [-0.4, -0.2) is 51.7 Å². The van der Waals surface area contributed by atoms with Crippen molar-refractivity contribution in [1.29, 1.82) is 0 Å². The molecule has 178 valence electrons. The number of rotatable bonds is 6. The summed E-state index contributed by atoms with van der Waals surface area (Å²) in [6.07, 6.45) is 3.28. The van der Waals surface area contributed by atoms with E-state index in [9.17, 15) is 9.59 Å². The number of nitrogens with one attached hydrogen (secondary N) is 1. The van der Waals surface area contributed by atoms with Crippen LogP contribution in [0.1, 0.15) is 17.5 Å². The van der Waals surface area contributed by atoms with Gasteiger partial charge in [0.25, 0.3) is 0 Å². The molecular weight excluding hydrogens is 512 g/mol. The lowest BCUT2D eigenvalue weighted by molar-refractivity contribution is -0.124. The van der Waals surface area contributed by atoms with Crippen LogP contribution in [0.4, 0.5) is 4.79 Å². The highest BCUT2D eigenvalue weighted by atomic mass is 79.9. The predicted molar refractivity (Wildman–Crippen MR) is 136 cm³/mol. The van der Waals surface area contributed by atoms with Gasteiger partial charge in [0.1, 0.15) is 17.3 Å². The second-order valence-electron chi connectivity index (χ2n) is 8.37. The molecule has 0 saturated carbocycles. The molecule has 3 heterocycles. The van der Waals surface area contributed by atoms with E-state index in [2.05, 4.69) is 31.4 Å². The Morgan fingerprint density at radius 3 is 2.74 bits per heavy atom. The van der Waals surface area contributed by atoms with Crippen molar-refractivity contribution in [1.82, 2.24) is 15.2 Å².